The van der Waals surface area contributed by atoms with Crippen LogP contribution in [0.15, 0.2) is 47.8 Å². The van der Waals surface area contributed by atoms with Gasteiger partial charge in [-0.2, -0.15) is 11.8 Å². The van der Waals surface area contributed by atoms with Crippen molar-refractivity contribution < 1.29 is 14.7 Å². The summed E-state index contributed by atoms with van der Waals surface area (Å²) in [5.74, 6) is 4.46. The van der Waals surface area contributed by atoms with Gasteiger partial charge in [0.2, 0.25) is 5.88 Å². The molecule has 0 atom stereocenters. The number of pyridine rings is 1. The number of thioether (sulfide) groups is 1. The van der Waals surface area contributed by atoms with E-state index in [0.29, 0.717) is 17.5 Å². The Balaban J connectivity index is 1.72. The van der Waals surface area contributed by atoms with E-state index in [2.05, 4.69) is 15.0 Å². The zero-order valence-corrected chi connectivity index (χ0v) is 14.2. The minimum absolute atomic E-state index is 0.471. The molecule has 1 N–H and O–H groups in total. The number of rotatable bonds is 4. The van der Waals surface area contributed by atoms with Crippen LogP contribution in [0.25, 0.3) is 0 Å². The zero-order valence-electron chi connectivity index (χ0n) is 13.4. The third-order valence-electron chi connectivity index (χ3n) is 3.66. The first-order valence-corrected chi connectivity index (χ1v) is 8.78. The minimum atomic E-state index is 0.471. The Morgan fingerprint density at radius 1 is 1.21 bits per heavy atom. The van der Waals surface area contributed by atoms with Crippen molar-refractivity contribution in [1.82, 2.24) is 9.88 Å². The number of amidine groups is 1. The Hall–Kier alpha value is -2.41. The molecule has 0 spiro atoms. The summed E-state index contributed by atoms with van der Waals surface area (Å²) in [6.45, 7) is 1.73. The molecule has 0 aliphatic carbocycles. The summed E-state index contributed by atoms with van der Waals surface area (Å²) in [6, 6.07) is 10.9. The Kier molecular flexibility index (Phi) is 5.43. The number of nitrogens with zero attached hydrogens (tertiary/aromatic N) is 3. The van der Waals surface area contributed by atoms with Crippen LogP contribution in [0.5, 0.6) is 17.4 Å². The lowest BCUT2D eigenvalue weighted by Gasteiger charge is -2.28. The lowest BCUT2D eigenvalue weighted by molar-refractivity contribution is 0.303. The van der Waals surface area contributed by atoms with Crippen molar-refractivity contribution in [2.45, 2.75) is 0 Å². The molecule has 2 aromatic rings. The highest BCUT2D eigenvalue weighted by atomic mass is 32.2. The van der Waals surface area contributed by atoms with E-state index in [1.165, 1.54) is 0 Å². The molecule has 2 heterocycles. The Morgan fingerprint density at radius 3 is 2.67 bits per heavy atom. The molecule has 1 fully saturated rings. The number of aromatic nitrogens is 1. The topological polar surface area (TPSA) is 67.2 Å². The number of hydrogen-bond acceptors (Lipinski definition) is 6. The predicted octanol–water partition coefficient (Wildman–Crippen LogP) is 3.07. The summed E-state index contributed by atoms with van der Waals surface area (Å²) < 4.78 is 10.9. The van der Waals surface area contributed by atoms with E-state index in [0.717, 1.165) is 35.9 Å². The molecule has 1 aliphatic heterocycles. The van der Waals surface area contributed by atoms with E-state index in [1.54, 1.807) is 25.4 Å². The van der Waals surface area contributed by atoms with Crippen LogP contribution in [0.2, 0.25) is 0 Å². The van der Waals surface area contributed by atoms with Crippen LogP contribution in [-0.4, -0.2) is 52.6 Å². The van der Waals surface area contributed by atoms with E-state index in [4.69, 9.17) is 9.47 Å². The van der Waals surface area contributed by atoms with Crippen molar-refractivity contribution in [3.63, 3.8) is 0 Å². The summed E-state index contributed by atoms with van der Waals surface area (Å²) in [6.07, 6.45) is 1.66. The number of hydrogen-bond donors (Lipinski definition) is 1. The lowest BCUT2D eigenvalue weighted by atomic mass is 10.2. The first-order valence-electron chi connectivity index (χ1n) is 7.63. The van der Waals surface area contributed by atoms with Crippen molar-refractivity contribution >= 4 is 17.6 Å². The standard InChI is InChI=1S/C17H19N3O3S/c1-22-14-3-2-4-15(11-14)23-16-6-5-13(12-18-16)17(19-21)20-7-9-24-10-8-20/h2-6,11-12,21H,7-10H2,1H3/b19-17-. The Bertz CT molecular complexity index is 700. The van der Waals surface area contributed by atoms with Crippen LogP contribution in [0.3, 0.4) is 0 Å². The molecule has 0 bridgehead atoms. The van der Waals surface area contributed by atoms with Gasteiger partial charge >= 0.3 is 0 Å². The van der Waals surface area contributed by atoms with Crippen molar-refractivity contribution in [3.8, 4) is 17.4 Å². The summed E-state index contributed by atoms with van der Waals surface area (Å²) >= 11 is 1.90. The first-order chi connectivity index (χ1) is 11.8. The van der Waals surface area contributed by atoms with Crippen molar-refractivity contribution in [1.29, 1.82) is 0 Å². The SMILES string of the molecule is COc1cccc(Oc2ccc(/C(=N/O)N3CCSCC3)cn2)c1. The molecule has 1 aliphatic rings. The van der Waals surface area contributed by atoms with Gasteiger partial charge in [0.1, 0.15) is 11.5 Å². The van der Waals surface area contributed by atoms with Gasteiger partial charge in [0, 0.05) is 48.5 Å². The van der Waals surface area contributed by atoms with Crippen LogP contribution >= 0.6 is 11.8 Å². The molecule has 1 aromatic heterocycles. The maximum atomic E-state index is 9.36. The van der Waals surface area contributed by atoms with Crippen LogP contribution < -0.4 is 9.47 Å². The monoisotopic (exact) mass is 345 g/mol. The lowest BCUT2D eigenvalue weighted by Crippen LogP contribution is -2.38. The van der Waals surface area contributed by atoms with Gasteiger partial charge in [-0.05, 0) is 18.2 Å². The highest BCUT2D eigenvalue weighted by Crippen LogP contribution is 2.24. The van der Waals surface area contributed by atoms with Crippen molar-refractivity contribution in [3.05, 3.63) is 48.2 Å². The Labute approximate surface area is 145 Å². The largest absolute Gasteiger partial charge is 0.497 e. The van der Waals surface area contributed by atoms with Gasteiger partial charge in [-0.1, -0.05) is 11.2 Å². The molecule has 0 saturated carbocycles. The first kappa shape index (κ1) is 16.4. The maximum absolute atomic E-state index is 9.36. The molecule has 3 rings (SSSR count). The molecule has 24 heavy (non-hydrogen) atoms. The quantitative estimate of drug-likeness (QED) is 0.398. The second-order valence-electron chi connectivity index (χ2n) is 5.19. The molecule has 1 saturated heterocycles. The van der Waals surface area contributed by atoms with Crippen LogP contribution in [-0.2, 0) is 0 Å². The predicted molar refractivity (Wildman–Crippen MR) is 94.5 cm³/mol. The molecular weight excluding hydrogens is 326 g/mol. The second-order valence-corrected chi connectivity index (χ2v) is 6.41. The molecular formula is C17H19N3O3S. The Morgan fingerprint density at radius 2 is 2.00 bits per heavy atom. The number of benzene rings is 1. The molecule has 0 amide bonds. The van der Waals surface area contributed by atoms with Crippen LogP contribution in [0.1, 0.15) is 5.56 Å². The minimum Gasteiger partial charge on any atom is -0.497 e. The van der Waals surface area contributed by atoms with Gasteiger partial charge in [-0.15, -0.1) is 0 Å². The van der Waals surface area contributed by atoms with E-state index in [9.17, 15) is 5.21 Å². The van der Waals surface area contributed by atoms with Crippen LogP contribution in [0, 0.1) is 0 Å². The molecule has 0 radical (unpaired) electrons. The normalized spacial score (nSPS) is 15.2. The number of ether oxygens (including phenoxy) is 2. The van der Waals surface area contributed by atoms with E-state index in [-0.39, 0.29) is 0 Å². The summed E-state index contributed by atoms with van der Waals surface area (Å²) in [4.78, 5) is 6.37. The fourth-order valence-electron chi connectivity index (χ4n) is 2.44. The van der Waals surface area contributed by atoms with Gasteiger partial charge in [0.15, 0.2) is 5.84 Å². The smallest absolute Gasteiger partial charge is 0.219 e. The molecule has 0 unspecified atom stereocenters. The highest BCUT2D eigenvalue weighted by Gasteiger charge is 2.17. The zero-order chi connectivity index (χ0) is 16.8. The van der Waals surface area contributed by atoms with Gasteiger partial charge in [-0.25, -0.2) is 4.98 Å². The van der Waals surface area contributed by atoms with Crippen LogP contribution in [0.4, 0.5) is 0 Å². The fourth-order valence-corrected chi connectivity index (χ4v) is 3.34. The van der Waals surface area contributed by atoms with E-state index in [1.807, 2.05) is 36.0 Å². The van der Waals surface area contributed by atoms with Gasteiger partial charge in [0.25, 0.3) is 0 Å². The van der Waals surface area contributed by atoms with E-state index >= 15 is 0 Å². The molecule has 126 valence electrons. The van der Waals surface area contributed by atoms with E-state index < -0.39 is 0 Å². The number of methoxy groups -OCH3 is 1. The fraction of sp³-hybridized carbons (Fsp3) is 0.294. The van der Waals surface area contributed by atoms with Crippen molar-refractivity contribution in [2.75, 3.05) is 31.7 Å². The summed E-state index contributed by atoms with van der Waals surface area (Å²) in [5.41, 5.74) is 0.766. The maximum Gasteiger partial charge on any atom is 0.219 e. The third-order valence-corrected chi connectivity index (χ3v) is 4.61. The van der Waals surface area contributed by atoms with Gasteiger partial charge in [0.05, 0.1) is 7.11 Å². The van der Waals surface area contributed by atoms with Gasteiger partial charge in [-0.3, -0.25) is 0 Å². The average Bonchev–Trinajstić information content (AvgIpc) is 2.65. The highest BCUT2D eigenvalue weighted by molar-refractivity contribution is 7.99. The second kappa shape index (κ2) is 7.92. The third kappa shape index (κ3) is 3.91. The van der Waals surface area contributed by atoms with Crippen molar-refractivity contribution in [2.24, 2.45) is 5.16 Å². The molecule has 6 nitrogen and oxygen atoms in total. The molecule has 7 heteroatoms. The summed E-state index contributed by atoms with van der Waals surface area (Å²) in [7, 11) is 1.61. The molecule has 1 aromatic carbocycles. The number of oxime groups is 1. The summed E-state index contributed by atoms with van der Waals surface area (Å²) in [5, 5.41) is 12.8. The van der Waals surface area contributed by atoms with Gasteiger partial charge < -0.3 is 19.6 Å². The average molecular weight is 345 g/mol.